The first-order valence-corrected chi connectivity index (χ1v) is 13.2. The molecular weight excluding hydrogens is 504 g/mol. The molecule has 0 unspecified atom stereocenters. The predicted octanol–water partition coefficient (Wildman–Crippen LogP) is 1.96. The predicted molar refractivity (Wildman–Crippen MR) is 136 cm³/mol. The molecule has 1 spiro atoms. The Morgan fingerprint density at radius 3 is 2.69 bits per heavy atom. The number of piperidine rings is 1. The molecule has 0 radical (unpaired) electrons. The van der Waals surface area contributed by atoms with Crippen molar-refractivity contribution in [3.05, 3.63) is 52.8 Å². The third-order valence-electron chi connectivity index (χ3n) is 8.12. The van der Waals surface area contributed by atoms with Crippen LogP contribution in [0.3, 0.4) is 0 Å². The van der Waals surface area contributed by atoms with E-state index >= 15 is 0 Å². The number of methoxy groups -OCH3 is 1. The summed E-state index contributed by atoms with van der Waals surface area (Å²) < 4.78 is 30.7. The van der Waals surface area contributed by atoms with E-state index in [1.807, 2.05) is 42.3 Å². The molecule has 12 nitrogen and oxygen atoms in total. The number of para-hydroxylation sites is 1. The Kier molecular flexibility index (Phi) is 5.90. The number of hydrogen-bond acceptors (Lipinski definition) is 10. The third kappa shape index (κ3) is 3.93. The number of carbonyl (C=O) groups is 1. The minimum atomic E-state index is -0.549. The number of likely N-dealkylation sites (tertiary alicyclic amines) is 1. The van der Waals surface area contributed by atoms with Gasteiger partial charge in [0.2, 0.25) is 12.5 Å². The minimum Gasteiger partial charge on any atom is -0.492 e. The lowest BCUT2D eigenvalue weighted by Crippen LogP contribution is -2.47. The number of benzene rings is 2. The highest BCUT2D eigenvalue weighted by Gasteiger charge is 2.42. The molecular formula is C27H30N6O6. The van der Waals surface area contributed by atoms with Gasteiger partial charge in [0.15, 0.2) is 23.1 Å². The van der Waals surface area contributed by atoms with Crippen molar-refractivity contribution in [1.82, 2.24) is 30.0 Å². The van der Waals surface area contributed by atoms with Gasteiger partial charge in [-0.25, -0.2) is 0 Å². The van der Waals surface area contributed by atoms with Gasteiger partial charge in [-0.2, -0.15) is 4.68 Å². The highest BCUT2D eigenvalue weighted by molar-refractivity contribution is 5.97. The van der Waals surface area contributed by atoms with Crippen molar-refractivity contribution >= 4 is 5.91 Å². The smallest absolute Gasteiger partial charge is 0.256 e. The Labute approximate surface area is 225 Å². The second-order valence-corrected chi connectivity index (χ2v) is 10.2. The van der Waals surface area contributed by atoms with Gasteiger partial charge in [-0.3, -0.25) is 9.69 Å². The van der Waals surface area contributed by atoms with Gasteiger partial charge in [-0.05, 0) is 47.7 Å². The fraction of sp³-hybridized carbons (Fsp3) is 0.481. The molecule has 1 amide bonds. The zero-order chi connectivity index (χ0) is 26.6. The number of amides is 1. The van der Waals surface area contributed by atoms with Crippen molar-refractivity contribution in [3.8, 4) is 22.9 Å². The van der Waals surface area contributed by atoms with Crippen LogP contribution in [0.5, 0.6) is 17.2 Å². The molecule has 4 aliphatic rings. The number of rotatable bonds is 4. The molecule has 12 heteroatoms. The fourth-order valence-electron chi connectivity index (χ4n) is 6.14. The van der Waals surface area contributed by atoms with E-state index < -0.39 is 5.79 Å². The van der Waals surface area contributed by atoms with E-state index in [4.69, 9.17) is 23.7 Å². The quantitative estimate of drug-likeness (QED) is 0.492. The maximum Gasteiger partial charge on any atom is 0.256 e. The highest BCUT2D eigenvalue weighted by Crippen LogP contribution is 2.50. The van der Waals surface area contributed by atoms with E-state index in [9.17, 15) is 4.79 Å². The number of likely N-dealkylation sites (N-methyl/N-ethyl adjacent to an activating group) is 1. The SMILES string of the molecule is COc1c2c(cc3c1[C@@H](c1nnnn1-c1ccccc1C(=O)N1CCC4(CC1)OCCO4)N(C)CC3)OCO2. The summed E-state index contributed by atoms with van der Waals surface area (Å²) in [4.78, 5) is 17.8. The van der Waals surface area contributed by atoms with Crippen LogP contribution in [0.15, 0.2) is 30.3 Å². The first-order valence-electron chi connectivity index (χ1n) is 13.2. The molecule has 0 N–H and O–H groups in total. The molecule has 1 atom stereocenters. The van der Waals surface area contributed by atoms with Crippen LogP contribution in [0.2, 0.25) is 0 Å². The standard InChI is InChI=1S/C27H30N6O6/c1-31-10-7-17-15-20-23(37-16-36-20)24(35-2)21(17)22(31)25-28-29-30-33(25)19-6-4-3-5-18(19)26(34)32-11-8-27(9-12-32)38-13-14-39-27/h3-6,15,22H,7-14,16H2,1-2H3/t22-/m0/s1. The van der Waals surface area contributed by atoms with Crippen LogP contribution in [0, 0.1) is 0 Å². The Balaban J connectivity index is 1.26. The summed E-state index contributed by atoms with van der Waals surface area (Å²) in [6, 6.07) is 9.15. The number of ether oxygens (including phenoxy) is 5. The molecule has 7 rings (SSSR count). The second-order valence-electron chi connectivity index (χ2n) is 10.2. The summed E-state index contributed by atoms with van der Waals surface area (Å²) >= 11 is 0. The zero-order valence-electron chi connectivity index (χ0n) is 22.0. The molecule has 2 saturated heterocycles. The lowest BCUT2D eigenvalue weighted by Gasteiger charge is -2.37. The van der Waals surface area contributed by atoms with Gasteiger partial charge < -0.3 is 28.6 Å². The number of hydrogen-bond donors (Lipinski definition) is 0. The summed E-state index contributed by atoms with van der Waals surface area (Å²) in [5, 5.41) is 12.9. The molecule has 0 bridgehead atoms. The normalized spacial score (nSPS) is 21.8. The highest BCUT2D eigenvalue weighted by atomic mass is 16.7. The maximum atomic E-state index is 13.8. The Hall–Kier alpha value is -3.74. The number of tetrazole rings is 1. The number of nitrogens with zero attached hydrogens (tertiary/aromatic N) is 6. The second kappa shape index (κ2) is 9.47. The summed E-state index contributed by atoms with van der Waals surface area (Å²) in [6.45, 7) is 3.25. The van der Waals surface area contributed by atoms with Gasteiger partial charge in [0.1, 0.15) is 6.04 Å². The van der Waals surface area contributed by atoms with Crippen LogP contribution in [-0.4, -0.2) is 95.5 Å². The van der Waals surface area contributed by atoms with Crippen molar-refractivity contribution < 1.29 is 28.5 Å². The molecule has 5 heterocycles. The lowest BCUT2D eigenvalue weighted by molar-refractivity contribution is -0.181. The first kappa shape index (κ1) is 24.3. The molecule has 3 aromatic rings. The molecule has 2 fully saturated rings. The molecule has 4 aliphatic heterocycles. The zero-order valence-corrected chi connectivity index (χ0v) is 22.0. The summed E-state index contributed by atoms with van der Waals surface area (Å²) in [5.41, 5.74) is 3.19. The van der Waals surface area contributed by atoms with Crippen LogP contribution in [0.25, 0.3) is 5.69 Å². The average molecular weight is 535 g/mol. The fourth-order valence-corrected chi connectivity index (χ4v) is 6.14. The monoisotopic (exact) mass is 534 g/mol. The van der Waals surface area contributed by atoms with E-state index in [-0.39, 0.29) is 18.7 Å². The number of fused-ring (bicyclic) bond motifs is 2. The van der Waals surface area contributed by atoms with Crippen LogP contribution in [0.1, 0.15) is 46.2 Å². The maximum absolute atomic E-state index is 13.8. The Morgan fingerprint density at radius 1 is 1.10 bits per heavy atom. The minimum absolute atomic E-state index is 0.0711. The van der Waals surface area contributed by atoms with Gasteiger partial charge in [-0.1, -0.05) is 12.1 Å². The van der Waals surface area contributed by atoms with Gasteiger partial charge in [0.25, 0.3) is 5.91 Å². The van der Waals surface area contributed by atoms with Gasteiger partial charge in [-0.15, -0.1) is 5.10 Å². The average Bonchev–Trinajstić information content (AvgIpc) is 3.74. The third-order valence-corrected chi connectivity index (χ3v) is 8.12. The topological polar surface area (TPSA) is 113 Å². The van der Waals surface area contributed by atoms with Crippen molar-refractivity contribution in [2.24, 2.45) is 0 Å². The lowest BCUT2D eigenvalue weighted by atomic mass is 9.90. The molecule has 1 aromatic heterocycles. The number of aromatic nitrogens is 4. The van der Waals surface area contributed by atoms with Crippen LogP contribution < -0.4 is 14.2 Å². The van der Waals surface area contributed by atoms with Gasteiger partial charge in [0.05, 0.1) is 31.6 Å². The van der Waals surface area contributed by atoms with E-state index in [1.165, 1.54) is 0 Å². The summed E-state index contributed by atoms with van der Waals surface area (Å²) in [6.07, 6.45) is 2.11. The molecule has 0 aliphatic carbocycles. The largest absolute Gasteiger partial charge is 0.492 e. The van der Waals surface area contributed by atoms with Crippen molar-refractivity contribution in [1.29, 1.82) is 0 Å². The van der Waals surface area contributed by atoms with Crippen molar-refractivity contribution in [3.63, 3.8) is 0 Å². The van der Waals surface area contributed by atoms with E-state index in [2.05, 4.69) is 20.4 Å². The van der Waals surface area contributed by atoms with E-state index in [0.29, 0.717) is 73.5 Å². The Morgan fingerprint density at radius 2 is 1.90 bits per heavy atom. The summed E-state index contributed by atoms with van der Waals surface area (Å²) in [7, 11) is 3.66. The van der Waals surface area contributed by atoms with Crippen LogP contribution in [-0.2, 0) is 15.9 Å². The van der Waals surface area contributed by atoms with Crippen molar-refractivity contribution in [2.75, 3.05) is 53.8 Å². The van der Waals surface area contributed by atoms with Gasteiger partial charge in [0, 0.05) is 38.0 Å². The van der Waals surface area contributed by atoms with Gasteiger partial charge >= 0.3 is 0 Å². The van der Waals surface area contributed by atoms with E-state index in [1.54, 1.807) is 11.8 Å². The van der Waals surface area contributed by atoms with Crippen LogP contribution in [0.4, 0.5) is 0 Å². The first-order chi connectivity index (χ1) is 19.1. The molecule has 2 aromatic carbocycles. The van der Waals surface area contributed by atoms with E-state index in [0.717, 1.165) is 24.1 Å². The molecule has 0 saturated carbocycles. The molecule has 39 heavy (non-hydrogen) atoms. The Bertz CT molecular complexity index is 1410. The number of carbonyl (C=O) groups excluding carboxylic acids is 1. The van der Waals surface area contributed by atoms with Crippen molar-refractivity contribution in [2.45, 2.75) is 31.1 Å². The van der Waals surface area contributed by atoms with Crippen LogP contribution >= 0.6 is 0 Å². The molecule has 204 valence electrons. The summed E-state index contributed by atoms with van der Waals surface area (Å²) in [5.74, 6) is 1.85.